The monoisotopic (exact) mass is 563 g/mol. The van der Waals surface area contributed by atoms with Crippen molar-refractivity contribution < 1.29 is 27.5 Å². The second kappa shape index (κ2) is 11.0. The summed E-state index contributed by atoms with van der Waals surface area (Å²) in [5.74, 6) is -1.08. The van der Waals surface area contributed by atoms with Gasteiger partial charge in [-0.05, 0) is 66.6 Å². The van der Waals surface area contributed by atoms with Gasteiger partial charge in [-0.25, -0.2) is 0 Å². The van der Waals surface area contributed by atoms with Crippen LogP contribution in [0.2, 0.25) is 10.0 Å². The Bertz CT molecular complexity index is 1350. The van der Waals surface area contributed by atoms with E-state index in [4.69, 9.17) is 27.9 Å². The van der Waals surface area contributed by atoms with Crippen molar-refractivity contribution in [2.24, 2.45) is 5.10 Å². The summed E-state index contributed by atoms with van der Waals surface area (Å²) >= 11 is 12.2. The van der Waals surface area contributed by atoms with Crippen LogP contribution in [0.4, 0.5) is 18.9 Å². The standard InChI is InChI=1S/C27H22Cl2F3N3O3/c1-2-38-25(37)26(18-5-11-21(29)12-6-18)16-35(34-24(26)17-3-9-20(28)10-4-17)15-23(36)33-22-13-7-19(8-14-22)27(30,31)32/h3-14H,2,15-16H2,1H3,(H,33,36). The van der Waals surface area contributed by atoms with Gasteiger partial charge in [0.25, 0.3) is 0 Å². The lowest BCUT2D eigenvalue weighted by atomic mass is 9.74. The minimum Gasteiger partial charge on any atom is -0.465 e. The number of nitrogens with zero attached hydrogens (tertiary/aromatic N) is 2. The molecule has 0 aliphatic carbocycles. The molecule has 1 atom stereocenters. The summed E-state index contributed by atoms with van der Waals surface area (Å²) in [6.45, 7) is 1.52. The zero-order valence-electron chi connectivity index (χ0n) is 20.1. The molecular weight excluding hydrogens is 542 g/mol. The number of rotatable bonds is 7. The molecular formula is C27H22Cl2F3N3O3. The molecule has 0 fully saturated rings. The van der Waals surface area contributed by atoms with Gasteiger partial charge in [0.05, 0.1) is 24.4 Å². The molecule has 0 aromatic heterocycles. The molecule has 0 radical (unpaired) electrons. The highest BCUT2D eigenvalue weighted by atomic mass is 35.5. The number of alkyl halides is 3. The van der Waals surface area contributed by atoms with Gasteiger partial charge in [0.2, 0.25) is 5.91 Å². The van der Waals surface area contributed by atoms with Crippen LogP contribution in [-0.2, 0) is 25.9 Å². The highest BCUT2D eigenvalue weighted by Crippen LogP contribution is 2.38. The fourth-order valence-corrected chi connectivity index (χ4v) is 4.47. The molecule has 0 saturated carbocycles. The van der Waals surface area contributed by atoms with Crippen molar-refractivity contribution in [3.05, 3.63) is 99.5 Å². The first-order valence-electron chi connectivity index (χ1n) is 11.5. The Kier molecular flexibility index (Phi) is 7.99. The van der Waals surface area contributed by atoms with E-state index in [1.165, 1.54) is 17.1 Å². The maximum absolute atomic E-state index is 13.6. The predicted octanol–water partition coefficient (Wildman–Crippen LogP) is 6.17. The molecule has 3 aromatic carbocycles. The Hall–Kier alpha value is -3.56. The van der Waals surface area contributed by atoms with Crippen molar-refractivity contribution in [1.82, 2.24) is 5.01 Å². The Morgan fingerprint density at radius 2 is 1.55 bits per heavy atom. The predicted molar refractivity (Wildman–Crippen MR) is 139 cm³/mol. The summed E-state index contributed by atoms with van der Waals surface area (Å²) in [5, 5.41) is 9.60. The zero-order chi connectivity index (χ0) is 27.5. The molecule has 1 aliphatic heterocycles. The summed E-state index contributed by atoms with van der Waals surface area (Å²) < 4.78 is 44.0. The van der Waals surface area contributed by atoms with E-state index in [0.29, 0.717) is 26.9 Å². The number of amides is 1. The third kappa shape index (κ3) is 5.79. The van der Waals surface area contributed by atoms with Crippen molar-refractivity contribution in [3.8, 4) is 0 Å². The van der Waals surface area contributed by atoms with Crippen molar-refractivity contribution in [2.45, 2.75) is 18.5 Å². The van der Waals surface area contributed by atoms with Gasteiger partial charge in [-0.1, -0.05) is 47.5 Å². The fraction of sp³-hybridized carbons (Fsp3) is 0.222. The normalized spacial score (nSPS) is 17.2. The maximum atomic E-state index is 13.6. The average Bonchev–Trinajstić information content (AvgIpc) is 3.25. The van der Waals surface area contributed by atoms with Crippen molar-refractivity contribution in [2.75, 3.05) is 25.0 Å². The number of hydrazone groups is 1. The van der Waals surface area contributed by atoms with Crippen LogP contribution < -0.4 is 5.32 Å². The van der Waals surface area contributed by atoms with Crippen LogP contribution in [0.5, 0.6) is 0 Å². The van der Waals surface area contributed by atoms with Gasteiger partial charge in [0, 0.05) is 15.7 Å². The van der Waals surface area contributed by atoms with Gasteiger partial charge < -0.3 is 10.1 Å². The van der Waals surface area contributed by atoms with E-state index in [1.54, 1.807) is 55.5 Å². The van der Waals surface area contributed by atoms with Crippen LogP contribution in [0.15, 0.2) is 77.9 Å². The first-order chi connectivity index (χ1) is 18.0. The van der Waals surface area contributed by atoms with Gasteiger partial charge in [0.1, 0.15) is 6.54 Å². The van der Waals surface area contributed by atoms with E-state index in [2.05, 4.69) is 10.4 Å². The van der Waals surface area contributed by atoms with Gasteiger partial charge >= 0.3 is 12.1 Å². The van der Waals surface area contributed by atoms with Crippen LogP contribution in [0, 0.1) is 0 Å². The number of hydrogen-bond donors (Lipinski definition) is 1. The van der Waals surface area contributed by atoms with Gasteiger partial charge in [-0.15, -0.1) is 0 Å². The van der Waals surface area contributed by atoms with Crippen LogP contribution >= 0.6 is 23.2 Å². The number of esters is 1. The molecule has 0 saturated heterocycles. The van der Waals surface area contributed by atoms with E-state index in [9.17, 15) is 22.8 Å². The van der Waals surface area contributed by atoms with E-state index >= 15 is 0 Å². The minimum absolute atomic E-state index is 0.0220. The van der Waals surface area contributed by atoms with E-state index in [0.717, 1.165) is 12.1 Å². The summed E-state index contributed by atoms with van der Waals surface area (Å²) in [7, 11) is 0. The molecule has 1 heterocycles. The number of hydrogen-bond acceptors (Lipinski definition) is 5. The molecule has 0 bridgehead atoms. The summed E-state index contributed by atoms with van der Waals surface area (Å²) in [5.41, 5.74) is -0.490. The quantitative estimate of drug-likeness (QED) is 0.349. The van der Waals surface area contributed by atoms with Crippen LogP contribution in [0.25, 0.3) is 0 Å². The molecule has 6 nitrogen and oxygen atoms in total. The molecule has 1 unspecified atom stereocenters. The Balaban J connectivity index is 1.67. The molecule has 1 aliphatic rings. The van der Waals surface area contributed by atoms with Crippen LogP contribution in [-0.4, -0.2) is 42.3 Å². The maximum Gasteiger partial charge on any atom is 0.416 e. The molecule has 4 rings (SSSR count). The Labute approximate surface area is 227 Å². The van der Waals surface area contributed by atoms with Crippen molar-refractivity contribution in [3.63, 3.8) is 0 Å². The van der Waals surface area contributed by atoms with E-state index in [-0.39, 0.29) is 25.4 Å². The highest BCUT2D eigenvalue weighted by molar-refractivity contribution is 6.31. The van der Waals surface area contributed by atoms with Crippen molar-refractivity contribution >= 4 is 46.5 Å². The number of benzene rings is 3. The average molecular weight is 564 g/mol. The third-order valence-corrected chi connectivity index (χ3v) is 6.47. The molecule has 198 valence electrons. The largest absolute Gasteiger partial charge is 0.465 e. The topological polar surface area (TPSA) is 71.0 Å². The lowest BCUT2D eigenvalue weighted by molar-refractivity contribution is -0.147. The van der Waals surface area contributed by atoms with E-state index < -0.39 is 29.0 Å². The second-order valence-corrected chi connectivity index (χ2v) is 9.41. The fourth-order valence-electron chi connectivity index (χ4n) is 4.22. The lowest BCUT2D eigenvalue weighted by Gasteiger charge is -2.29. The number of halogens is 5. The molecule has 1 amide bonds. The zero-order valence-corrected chi connectivity index (χ0v) is 21.6. The van der Waals surface area contributed by atoms with Crippen LogP contribution in [0.3, 0.4) is 0 Å². The molecule has 1 N–H and O–H groups in total. The van der Waals surface area contributed by atoms with Crippen LogP contribution in [0.1, 0.15) is 23.6 Å². The van der Waals surface area contributed by atoms with E-state index in [1.807, 2.05) is 0 Å². The smallest absolute Gasteiger partial charge is 0.416 e. The van der Waals surface area contributed by atoms with Gasteiger partial charge in [-0.2, -0.15) is 18.3 Å². The second-order valence-electron chi connectivity index (χ2n) is 8.53. The number of carbonyl (C=O) groups is 2. The summed E-state index contributed by atoms with van der Waals surface area (Å²) in [6, 6.07) is 17.6. The summed E-state index contributed by atoms with van der Waals surface area (Å²) in [6.07, 6.45) is -4.48. The number of ether oxygens (including phenoxy) is 1. The molecule has 3 aromatic rings. The first kappa shape index (κ1) is 27.5. The number of nitrogens with one attached hydrogen (secondary N) is 1. The van der Waals surface area contributed by atoms with Gasteiger partial charge in [-0.3, -0.25) is 14.6 Å². The third-order valence-electron chi connectivity index (χ3n) is 5.97. The SMILES string of the molecule is CCOC(=O)C1(c2ccc(Cl)cc2)CN(CC(=O)Nc2ccc(C(F)(F)F)cc2)N=C1c1ccc(Cl)cc1. The summed E-state index contributed by atoms with van der Waals surface area (Å²) in [4.78, 5) is 26.4. The van der Waals surface area contributed by atoms with Crippen molar-refractivity contribution in [1.29, 1.82) is 0 Å². The first-order valence-corrected chi connectivity index (χ1v) is 12.3. The highest BCUT2D eigenvalue weighted by Gasteiger charge is 2.52. The number of anilines is 1. The minimum atomic E-state index is -4.48. The lowest BCUT2D eigenvalue weighted by Crippen LogP contribution is -2.48. The molecule has 11 heteroatoms. The molecule has 38 heavy (non-hydrogen) atoms. The molecule has 0 spiro atoms. The Morgan fingerprint density at radius 3 is 2.11 bits per heavy atom. The Morgan fingerprint density at radius 1 is 0.974 bits per heavy atom. The number of carbonyl (C=O) groups excluding carboxylic acids is 2. The van der Waals surface area contributed by atoms with Gasteiger partial charge in [0.15, 0.2) is 5.41 Å².